The molecule has 14 heavy (non-hydrogen) atoms. The molecule has 0 saturated heterocycles. The van der Waals surface area contributed by atoms with Crippen molar-refractivity contribution in [1.82, 2.24) is 0 Å². The summed E-state index contributed by atoms with van der Waals surface area (Å²) < 4.78 is 0. The first kappa shape index (κ1) is 13.2. The fraction of sp³-hybridized carbons (Fsp3) is 0.538. The van der Waals surface area contributed by atoms with Crippen LogP contribution in [-0.4, -0.2) is 6.54 Å². The molecule has 0 aliphatic rings. The quantitative estimate of drug-likeness (QED) is 0.780. The van der Waals surface area contributed by atoms with Crippen molar-refractivity contribution >= 4 is 0 Å². The normalized spacial score (nSPS) is 11.4. The Labute approximate surface area is 88.3 Å². The molecule has 0 radical (unpaired) electrons. The molecule has 0 fully saturated rings. The molecule has 0 aromatic heterocycles. The van der Waals surface area contributed by atoms with Gasteiger partial charge in [0.25, 0.3) is 0 Å². The van der Waals surface area contributed by atoms with Crippen molar-refractivity contribution in [1.29, 1.82) is 0 Å². The number of nitrogens with two attached hydrogens (primary N) is 1. The standard InChI is InChI=1S/C11H17N.C2H6/c1-10(9-12)7-8-11-5-3-2-4-6-11;1-2/h2-6,10H,7-9,12H2,1H3;1-2H3. The molecule has 80 valence electrons. The minimum atomic E-state index is 0.644. The first-order chi connectivity index (χ1) is 6.83. The molecule has 1 aromatic rings. The molecule has 0 heterocycles. The summed E-state index contributed by atoms with van der Waals surface area (Å²) in [5, 5.41) is 0. The van der Waals surface area contributed by atoms with Gasteiger partial charge >= 0.3 is 0 Å². The molecule has 0 amide bonds. The van der Waals surface area contributed by atoms with Crippen LogP contribution in [0.4, 0.5) is 0 Å². The van der Waals surface area contributed by atoms with Gasteiger partial charge in [0.15, 0.2) is 0 Å². The molecule has 1 aromatic carbocycles. The zero-order valence-corrected chi connectivity index (χ0v) is 9.66. The minimum Gasteiger partial charge on any atom is -0.330 e. The summed E-state index contributed by atoms with van der Waals surface area (Å²) in [5.41, 5.74) is 6.95. The second-order valence-corrected chi connectivity index (χ2v) is 3.37. The fourth-order valence-electron chi connectivity index (χ4n) is 1.18. The summed E-state index contributed by atoms with van der Waals surface area (Å²) in [6.45, 7) is 7.00. The Bertz CT molecular complexity index is 206. The largest absolute Gasteiger partial charge is 0.330 e. The van der Waals surface area contributed by atoms with Gasteiger partial charge in [0.1, 0.15) is 0 Å². The monoisotopic (exact) mass is 193 g/mol. The van der Waals surface area contributed by atoms with Crippen LogP contribution in [-0.2, 0) is 6.42 Å². The van der Waals surface area contributed by atoms with Crippen LogP contribution < -0.4 is 5.73 Å². The van der Waals surface area contributed by atoms with E-state index >= 15 is 0 Å². The van der Waals surface area contributed by atoms with Crippen LogP contribution in [0, 0.1) is 5.92 Å². The zero-order chi connectivity index (χ0) is 10.8. The van der Waals surface area contributed by atoms with Crippen LogP contribution in [0.25, 0.3) is 0 Å². The number of hydrogen-bond donors (Lipinski definition) is 1. The van der Waals surface area contributed by atoms with Crippen LogP contribution in [0.1, 0.15) is 32.8 Å². The van der Waals surface area contributed by atoms with Gasteiger partial charge in [-0.15, -0.1) is 0 Å². The van der Waals surface area contributed by atoms with Gasteiger partial charge in [-0.2, -0.15) is 0 Å². The van der Waals surface area contributed by atoms with Gasteiger partial charge in [-0.1, -0.05) is 51.1 Å². The minimum absolute atomic E-state index is 0.644. The van der Waals surface area contributed by atoms with E-state index in [1.165, 1.54) is 12.0 Å². The van der Waals surface area contributed by atoms with Gasteiger partial charge in [-0.25, -0.2) is 0 Å². The summed E-state index contributed by atoms with van der Waals surface area (Å²) in [5.74, 6) is 0.644. The number of benzene rings is 1. The lowest BCUT2D eigenvalue weighted by atomic mass is 10.0. The molecular weight excluding hydrogens is 170 g/mol. The molecule has 0 bridgehead atoms. The highest BCUT2D eigenvalue weighted by Gasteiger charge is 1.98. The predicted octanol–water partition coefficient (Wildman–Crippen LogP) is 3.24. The summed E-state index contributed by atoms with van der Waals surface area (Å²) >= 11 is 0. The van der Waals surface area contributed by atoms with Crippen molar-refractivity contribution in [3.63, 3.8) is 0 Å². The summed E-state index contributed by atoms with van der Waals surface area (Å²) in [6, 6.07) is 10.6. The lowest BCUT2D eigenvalue weighted by molar-refractivity contribution is 0.544. The highest BCUT2D eigenvalue weighted by Crippen LogP contribution is 2.07. The van der Waals surface area contributed by atoms with Crippen LogP contribution in [0.5, 0.6) is 0 Å². The molecule has 1 heteroatoms. The van der Waals surface area contributed by atoms with Gasteiger partial charge in [-0.3, -0.25) is 0 Å². The van der Waals surface area contributed by atoms with Crippen LogP contribution in [0.2, 0.25) is 0 Å². The van der Waals surface area contributed by atoms with Crippen molar-refractivity contribution in [2.45, 2.75) is 33.6 Å². The van der Waals surface area contributed by atoms with Gasteiger partial charge in [-0.05, 0) is 30.9 Å². The maximum atomic E-state index is 5.54. The highest BCUT2D eigenvalue weighted by atomic mass is 14.5. The summed E-state index contributed by atoms with van der Waals surface area (Å²) in [7, 11) is 0. The maximum Gasteiger partial charge on any atom is -0.00514 e. The average Bonchev–Trinajstić information content (AvgIpc) is 2.30. The van der Waals surface area contributed by atoms with Crippen LogP contribution in [0.3, 0.4) is 0 Å². The molecule has 1 rings (SSSR count). The molecule has 2 N–H and O–H groups in total. The van der Waals surface area contributed by atoms with E-state index in [-0.39, 0.29) is 0 Å². The molecule has 0 aliphatic carbocycles. The molecule has 0 spiro atoms. The fourth-order valence-corrected chi connectivity index (χ4v) is 1.18. The van der Waals surface area contributed by atoms with Crippen molar-refractivity contribution in [3.05, 3.63) is 35.9 Å². The van der Waals surface area contributed by atoms with E-state index in [0.717, 1.165) is 13.0 Å². The Morgan fingerprint density at radius 1 is 1.14 bits per heavy atom. The Balaban J connectivity index is 0.000000791. The second-order valence-electron chi connectivity index (χ2n) is 3.37. The van der Waals surface area contributed by atoms with Crippen molar-refractivity contribution in [2.75, 3.05) is 6.54 Å². The zero-order valence-electron chi connectivity index (χ0n) is 9.66. The molecule has 0 aliphatic heterocycles. The Morgan fingerprint density at radius 3 is 2.21 bits per heavy atom. The molecule has 0 saturated carbocycles. The Kier molecular flexibility index (Phi) is 8.25. The SMILES string of the molecule is CC.CC(CN)CCc1ccccc1. The third-order valence-electron chi connectivity index (χ3n) is 2.17. The summed E-state index contributed by atoms with van der Waals surface area (Å²) in [4.78, 5) is 0. The Morgan fingerprint density at radius 2 is 1.71 bits per heavy atom. The third-order valence-corrected chi connectivity index (χ3v) is 2.17. The lowest BCUT2D eigenvalue weighted by Gasteiger charge is -2.07. The number of rotatable bonds is 4. The van der Waals surface area contributed by atoms with E-state index < -0.39 is 0 Å². The highest BCUT2D eigenvalue weighted by molar-refractivity contribution is 5.14. The molecule has 1 atom stereocenters. The van der Waals surface area contributed by atoms with Gasteiger partial charge < -0.3 is 5.73 Å². The topological polar surface area (TPSA) is 26.0 Å². The number of hydrogen-bond acceptors (Lipinski definition) is 1. The molecule has 1 nitrogen and oxygen atoms in total. The molecule has 1 unspecified atom stereocenters. The van der Waals surface area contributed by atoms with E-state index in [4.69, 9.17) is 5.73 Å². The van der Waals surface area contributed by atoms with Gasteiger partial charge in [0.2, 0.25) is 0 Å². The first-order valence-electron chi connectivity index (χ1n) is 5.57. The van der Waals surface area contributed by atoms with Crippen LogP contribution >= 0.6 is 0 Å². The lowest BCUT2D eigenvalue weighted by Crippen LogP contribution is -2.11. The average molecular weight is 193 g/mol. The van der Waals surface area contributed by atoms with Crippen LogP contribution in [0.15, 0.2) is 30.3 Å². The second kappa shape index (κ2) is 8.76. The van der Waals surface area contributed by atoms with E-state index in [2.05, 4.69) is 37.3 Å². The molecular formula is C13H23N. The maximum absolute atomic E-state index is 5.54. The third kappa shape index (κ3) is 5.76. The van der Waals surface area contributed by atoms with E-state index in [9.17, 15) is 0 Å². The van der Waals surface area contributed by atoms with E-state index in [0.29, 0.717) is 5.92 Å². The van der Waals surface area contributed by atoms with Crippen molar-refractivity contribution < 1.29 is 0 Å². The Hall–Kier alpha value is -0.820. The first-order valence-corrected chi connectivity index (χ1v) is 5.57. The smallest absolute Gasteiger partial charge is 0.00514 e. The van der Waals surface area contributed by atoms with Crippen molar-refractivity contribution in [2.24, 2.45) is 11.7 Å². The van der Waals surface area contributed by atoms with E-state index in [1.54, 1.807) is 0 Å². The van der Waals surface area contributed by atoms with E-state index in [1.807, 2.05) is 13.8 Å². The van der Waals surface area contributed by atoms with Gasteiger partial charge in [0.05, 0.1) is 0 Å². The van der Waals surface area contributed by atoms with Gasteiger partial charge in [0, 0.05) is 0 Å². The predicted molar refractivity (Wildman–Crippen MR) is 64.3 cm³/mol. The van der Waals surface area contributed by atoms with Crippen molar-refractivity contribution in [3.8, 4) is 0 Å². The number of aryl methyl sites for hydroxylation is 1. The summed E-state index contributed by atoms with van der Waals surface area (Å²) in [6.07, 6.45) is 2.35.